The van der Waals surface area contributed by atoms with Crippen LogP contribution in [-0.2, 0) is 0 Å². The van der Waals surface area contributed by atoms with Gasteiger partial charge in [-0.05, 0) is 44.2 Å². The molecule has 1 aromatic carbocycles. The number of furan rings is 1. The van der Waals surface area contributed by atoms with Gasteiger partial charge < -0.3 is 14.8 Å². The van der Waals surface area contributed by atoms with Crippen molar-refractivity contribution < 1.29 is 9.52 Å². The van der Waals surface area contributed by atoms with E-state index >= 15 is 0 Å². The summed E-state index contributed by atoms with van der Waals surface area (Å²) in [5, 5.41) is 12.9. The molecule has 1 heterocycles. The normalized spacial score (nSPS) is 12.4. The maximum Gasteiger partial charge on any atom is 0.134 e. The molecule has 0 bridgehead atoms. The molecule has 0 fully saturated rings. The van der Waals surface area contributed by atoms with E-state index in [0.717, 1.165) is 17.2 Å². The predicted molar refractivity (Wildman–Crippen MR) is 68.6 cm³/mol. The number of aryl methyl sites for hydroxylation is 1. The lowest BCUT2D eigenvalue weighted by Gasteiger charge is -2.13. The molecule has 17 heavy (non-hydrogen) atoms. The first-order chi connectivity index (χ1) is 8.06. The van der Waals surface area contributed by atoms with Crippen LogP contribution < -0.4 is 5.32 Å². The highest BCUT2D eigenvalue weighted by Gasteiger charge is 2.09. The van der Waals surface area contributed by atoms with Gasteiger partial charge in [0.1, 0.15) is 17.3 Å². The van der Waals surface area contributed by atoms with Crippen LogP contribution in [0.15, 0.2) is 34.7 Å². The average molecular weight is 252 g/mol. The number of anilines is 1. The van der Waals surface area contributed by atoms with E-state index in [0.29, 0.717) is 5.02 Å². The van der Waals surface area contributed by atoms with Crippen LogP contribution in [0.4, 0.5) is 5.69 Å². The van der Waals surface area contributed by atoms with E-state index < -0.39 is 0 Å². The number of benzene rings is 1. The summed E-state index contributed by atoms with van der Waals surface area (Å²) in [4.78, 5) is 0. The van der Waals surface area contributed by atoms with Gasteiger partial charge in [0.15, 0.2) is 0 Å². The second-order valence-corrected chi connectivity index (χ2v) is 4.39. The molecule has 2 aromatic rings. The smallest absolute Gasteiger partial charge is 0.134 e. The molecule has 2 N–H and O–H groups in total. The molecule has 1 aromatic heterocycles. The van der Waals surface area contributed by atoms with Gasteiger partial charge in [-0.25, -0.2) is 0 Å². The van der Waals surface area contributed by atoms with Gasteiger partial charge in [0.2, 0.25) is 0 Å². The maximum absolute atomic E-state index is 9.32. The first kappa shape index (κ1) is 11.9. The Hall–Kier alpha value is -1.61. The van der Waals surface area contributed by atoms with Gasteiger partial charge in [-0.3, -0.25) is 0 Å². The van der Waals surface area contributed by atoms with Crippen molar-refractivity contribution >= 4 is 17.3 Å². The van der Waals surface area contributed by atoms with Crippen molar-refractivity contribution in [2.24, 2.45) is 0 Å². The lowest BCUT2D eigenvalue weighted by Crippen LogP contribution is -2.05. The summed E-state index contributed by atoms with van der Waals surface area (Å²) in [5.41, 5.74) is 0.842. The van der Waals surface area contributed by atoms with E-state index in [-0.39, 0.29) is 11.8 Å². The van der Waals surface area contributed by atoms with Crippen molar-refractivity contribution in [3.05, 3.63) is 46.9 Å². The molecule has 1 unspecified atom stereocenters. The predicted octanol–water partition coefficient (Wildman–Crippen LogP) is 4.12. The zero-order valence-corrected chi connectivity index (χ0v) is 10.5. The number of aromatic hydroxyl groups is 1. The molecule has 0 saturated heterocycles. The van der Waals surface area contributed by atoms with Gasteiger partial charge in [0.05, 0.1) is 11.1 Å². The van der Waals surface area contributed by atoms with E-state index in [4.69, 9.17) is 16.0 Å². The third-order valence-corrected chi connectivity index (χ3v) is 2.82. The Labute approximate surface area is 105 Å². The van der Waals surface area contributed by atoms with Crippen LogP contribution in [0, 0.1) is 6.92 Å². The molecule has 0 aliphatic rings. The molecule has 0 amide bonds. The second-order valence-electron chi connectivity index (χ2n) is 3.98. The van der Waals surface area contributed by atoms with Crippen LogP contribution in [0.3, 0.4) is 0 Å². The summed E-state index contributed by atoms with van der Waals surface area (Å²) in [7, 11) is 0. The van der Waals surface area contributed by atoms with Crippen LogP contribution >= 0.6 is 11.6 Å². The van der Waals surface area contributed by atoms with Gasteiger partial charge in [0.25, 0.3) is 0 Å². The van der Waals surface area contributed by atoms with Crippen LogP contribution in [0.5, 0.6) is 5.75 Å². The van der Waals surface area contributed by atoms with E-state index in [1.165, 1.54) is 0 Å². The summed E-state index contributed by atoms with van der Waals surface area (Å²) in [6.45, 7) is 3.91. The van der Waals surface area contributed by atoms with Gasteiger partial charge in [-0.1, -0.05) is 11.6 Å². The summed E-state index contributed by atoms with van der Waals surface area (Å²) in [5.74, 6) is 1.84. The monoisotopic (exact) mass is 251 g/mol. The molecule has 4 heteroatoms. The van der Waals surface area contributed by atoms with Crippen LogP contribution in [-0.4, -0.2) is 5.11 Å². The lowest BCUT2D eigenvalue weighted by molar-refractivity contribution is 0.466. The topological polar surface area (TPSA) is 45.4 Å². The van der Waals surface area contributed by atoms with Crippen molar-refractivity contribution in [1.82, 2.24) is 0 Å². The molecule has 0 aliphatic heterocycles. The average Bonchev–Trinajstić information content (AvgIpc) is 2.70. The Balaban J connectivity index is 2.12. The minimum Gasteiger partial charge on any atom is -0.506 e. The summed E-state index contributed by atoms with van der Waals surface area (Å²) in [6, 6.07) is 8.93. The summed E-state index contributed by atoms with van der Waals surface area (Å²) in [6.07, 6.45) is 0. The first-order valence-corrected chi connectivity index (χ1v) is 5.75. The Morgan fingerprint density at radius 1 is 1.29 bits per heavy atom. The molecule has 1 atom stereocenters. The molecule has 0 spiro atoms. The lowest BCUT2D eigenvalue weighted by atomic mass is 10.2. The molecule has 0 aliphatic carbocycles. The number of hydrogen-bond donors (Lipinski definition) is 2. The Kier molecular flexibility index (Phi) is 3.29. The second kappa shape index (κ2) is 4.72. The van der Waals surface area contributed by atoms with Gasteiger partial charge in [-0.2, -0.15) is 0 Å². The van der Waals surface area contributed by atoms with Crippen molar-refractivity contribution in [2.45, 2.75) is 19.9 Å². The van der Waals surface area contributed by atoms with Crippen LogP contribution in [0.2, 0.25) is 5.02 Å². The van der Waals surface area contributed by atoms with Gasteiger partial charge >= 0.3 is 0 Å². The molecular weight excluding hydrogens is 238 g/mol. The van der Waals surface area contributed by atoms with Crippen molar-refractivity contribution in [3.8, 4) is 5.75 Å². The Morgan fingerprint density at radius 3 is 2.65 bits per heavy atom. The molecule has 2 rings (SSSR count). The molecule has 3 nitrogen and oxygen atoms in total. The number of rotatable bonds is 3. The van der Waals surface area contributed by atoms with Gasteiger partial charge in [-0.15, -0.1) is 0 Å². The third kappa shape index (κ3) is 2.74. The molecule has 0 radical (unpaired) electrons. The number of phenolic OH excluding ortho intramolecular Hbond substituents is 1. The molecular formula is C13H14ClNO2. The number of nitrogens with one attached hydrogen (secondary N) is 1. The molecule has 90 valence electrons. The van der Waals surface area contributed by atoms with Crippen molar-refractivity contribution in [2.75, 3.05) is 5.32 Å². The van der Waals surface area contributed by atoms with E-state index in [1.807, 2.05) is 26.0 Å². The number of hydrogen-bond acceptors (Lipinski definition) is 3. The van der Waals surface area contributed by atoms with Crippen LogP contribution in [0.25, 0.3) is 0 Å². The highest BCUT2D eigenvalue weighted by molar-refractivity contribution is 6.32. The highest BCUT2D eigenvalue weighted by Crippen LogP contribution is 2.28. The Bertz CT molecular complexity index is 522. The zero-order valence-electron chi connectivity index (χ0n) is 9.70. The first-order valence-electron chi connectivity index (χ1n) is 5.37. The third-order valence-electron chi connectivity index (χ3n) is 2.52. The van der Waals surface area contributed by atoms with E-state index in [1.54, 1.807) is 18.2 Å². The largest absolute Gasteiger partial charge is 0.506 e. The van der Waals surface area contributed by atoms with E-state index in [2.05, 4.69) is 5.32 Å². The fraction of sp³-hybridized carbons (Fsp3) is 0.231. The quantitative estimate of drug-likeness (QED) is 0.807. The summed E-state index contributed by atoms with van der Waals surface area (Å²) < 4.78 is 5.53. The SMILES string of the molecule is Cc1ccc(C(C)Nc2ccc(O)c(Cl)c2)o1. The Morgan fingerprint density at radius 2 is 2.06 bits per heavy atom. The minimum atomic E-state index is 0.0457. The highest BCUT2D eigenvalue weighted by atomic mass is 35.5. The number of halogens is 1. The summed E-state index contributed by atoms with van der Waals surface area (Å²) >= 11 is 5.83. The van der Waals surface area contributed by atoms with E-state index in [9.17, 15) is 5.11 Å². The standard InChI is InChI=1S/C13H14ClNO2/c1-8-3-6-13(17-8)9(2)15-10-4-5-12(16)11(14)7-10/h3-7,9,15-16H,1-2H3. The fourth-order valence-electron chi connectivity index (χ4n) is 1.60. The van der Waals surface area contributed by atoms with Crippen molar-refractivity contribution in [1.29, 1.82) is 0 Å². The zero-order chi connectivity index (χ0) is 12.4. The molecule has 0 saturated carbocycles. The van der Waals surface area contributed by atoms with Gasteiger partial charge in [0, 0.05) is 5.69 Å². The van der Waals surface area contributed by atoms with Crippen molar-refractivity contribution in [3.63, 3.8) is 0 Å². The minimum absolute atomic E-state index is 0.0457. The maximum atomic E-state index is 9.32. The number of phenols is 1. The van der Waals surface area contributed by atoms with Crippen LogP contribution in [0.1, 0.15) is 24.5 Å². The fourth-order valence-corrected chi connectivity index (χ4v) is 1.78.